The predicted octanol–water partition coefficient (Wildman–Crippen LogP) is 5.54. The summed E-state index contributed by atoms with van der Waals surface area (Å²) in [6, 6.07) is 15.5. The van der Waals surface area contributed by atoms with Gasteiger partial charge in [-0.3, -0.25) is 4.79 Å². The number of ether oxygens (including phenoxy) is 1. The van der Waals surface area contributed by atoms with Gasteiger partial charge in [0.2, 0.25) is 0 Å². The molecule has 1 aliphatic rings. The van der Waals surface area contributed by atoms with Crippen molar-refractivity contribution in [1.82, 2.24) is 0 Å². The minimum absolute atomic E-state index is 0.0200. The van der Waals surface area contributed by atoms with Gasteiger partial charge in [-0.25, -0.2) is 0 Å². The number of fused-ring (bicyclic) bond motifs is 1. The summed E-state index contributed by atoms with van der Waals surface area (Å²) in [5.41, 5.74) is 2.75. The molecule has 1 unspecified atom stereocenters. The molecule has 0 saturated carbocycles. The molecule has 25 heavy (non-hydrogen) atoms. The molecule has 0 radical (unpaired) electrons. The first-order valence-electron chi connectivity index (χ1n) is 8.64. The topological polar surface area (TPSA) is 38.3 Å². The van der Waals surface area contributed by atoms with Crippen LogP contribution in [-0.2, 0) is 0 Å². The lowest BCUT2D eigenvalue weighted by Crippen LogP contribution is -2.20. The number of benzene rings is 2. The highest BCUT2D eigenvalue weighted by molar-refractivity contribution is 8.00. The van der Waals surface area contributed by atoms with E-state index in [1.54, 1.807) is 13.2 Å². The van der Waals surface area contributed by atoms with E-state index in [0.717, 1.165) is 36.4 Å². The van der Waals surface area contributed by atoms with E-state index in [1.165, 1.54) is 4.90 Å². The third-order valence-electron chi connectivity index (χ3n) is 4.26. The molecule has 2 aromatic carbocycles. The lowest BCUT2D eigenvalue weighted by atomic mass is 10.1. The van der Waals surface area contributed by atoms with Crippen LogP contribution in [0.4, 0.5) is 5.69 Å². The molecule has 0 fully saturated rings. The van der Waals surface area contributed by atoms with Gasteiger partial charge in [0.15, 0.2) is 5.78 Å². The number of para-hydroxylation sites is 1. The van der Waals surface area contributed by atoms with Crippen molar-refractivity contribution in [1.29, 1.82) is 0 Å². The van der Waals surface area contributed by atoms with E-state index in [0.29, 0.717) is 5.56 Å². The number of anilines is 1. The van der Waals surface area contributed by atoms with Crippen LogP contribution in [0, 0.1) is 0 Å². The highest BCUT2D eigenvalue weighted by Crippen LogP contribution is 2.41. The van der Waals surface area contributed by atoms with Gasteiger partial charge in [0, 0.05) is 27.5 Å². The third-order valence-corrected chi connectivity index (χ3v) is 5.65. The van der Waals surface area contributed by atoms with Crippen molar-refractivity contribution in [3.63, 3.8) is 0 Å². The van der Waals surface area contributed by atoms with Gasteiger partial charge in [-0.2, -0.15) is 0 Å². The quantitative estimate of drug-likeness (QED) is 0.547. The van der Waals surface area contributed by atoms with Gasteiger partial charge in [-0.1, -0.05) is 31.9 Å². The second kappa shape index (κ2) is 8.26. The molecule has 0 spiro atoms. The number of unbranched alkanes of at least 4 members (excludes halogenated alkanes) is 1. The Morgan fingerprint density at radius 3 is 2.68 bits per heavy atom. The van der Waals surface area contributed by atoms with Crippen molar-refractivity contribution in [2.75, 3.05) is 12.4 Å². The van der Waals surface area contributed by atoms with E-state index in [4.69, 9.17) is 4.74 Å². The Morgan fingerprint density at radius 1 is 1.20 bits per heavy atom. The minimum Gasteiger partial charge on any atom is -0.497 e. The smallest absolute Gasteiger partial charge is 0.187 e. The Morgan fingerprint density at radius 2 is 1.96 bits per heavy atom. The van der Waals surface area contributed by atoms with E-state index in [1.807, 2.05) is 42.1 Å². The zero-order valence-corrected chi connectivity index (χ0v) is 15.4. The molecular weight excluding hydrogens is 330 g/mol. The Balaban J connectivity index is 1.85. The van der Waals surface area contributed by atoms with Crippen LogP contribution >= 0.6 is 11.8 Å². The summed E-state index contributed by atoms with van der Waals surface area (Å²) in [6.45, 7) is 2.20. The lowest BCUT2D eigenvalue weighted by molar-refractivity contribution is 0.104. The van der Waals surface area contributed by atoms with Crippen LogP contribution in [0.1, 0.15) is 36.5 Å². The highest BCUT2D eigenvalue weighted by atomic mass is 32.2. The number of allylic oxidation sites excluding steroid dienone is 1. The number of hydrogen-bond acceptors (Lipinski definition) is 4. The van der Waals surface area contributed by atoms with Gasteiger partial charge in [0.25, 0.3) is 0 Å². The van der Waals surface area contributed by atoms with Crippen molar-refractivity contribution >= 4 is 23.2 Å². The second-order valence-corrected chi connectivity index (χ2v) is 7.31. The average molecular weight is 353 g/mol. The van der Waals surface area contributed by atoms with Gasteiger partial charge in [0.1, 0.15) is 5.75 Å². The highest BCUT2D eigenvalue weighted by Gasteiger charge is 2.24. The van der Waals surface area contributed by atoms with Crippen LogP contribution in [0.3, 0.4) is 0 Å². The number of ketones is 1. The van der Waals surface area contributed by atoms with E-state index >= 15 is 0 Å². The summed E-state index contributed by atoms with van der Waals surface area (Å²) in [7, 11) is 1.62. The van der Waals surface area contributed by atoms with Gasteiger partial charge in [0.05, 0.1) is 12.8 Å². The SMILES string of the molecule is CCCCC1Sc2ccccc2N/C1=C\C(=O)c1ccc(OC)cc1. The van der Waals surface area contributed by atoms with Gasteiger partial charge >= 0.3 is 0 Å². The summed E-state index contributed by atoms with van der Waals surface area (Å²) in [5, 5.41) is 3.76. The van der Waals surface area contributed by atoms with E-state index in [9.17, 15) is 4.79 Å². The summed E-state index contributed by atoms with van der Waals surface area (Å²) in [6.07, 6.45) is 5.11. The van der Waals surface area contributed by atoms with Crippen LogP contribution in [0.25, 0.3) is 0 Å². The number of thioether (sulfide) groups is 1. The molecule has 0 amide bonds. The Bertz CT molecular complexity index is 768. The van der Waals surface area contributed by atoms with Crippen LogP contribution in [0.2, 0.25) is 0 Å². The van der Waals surface area contributed by atoms with Crippen LogP contribution in [0.5, 0.6) is 5.75 Å². The fraction of sp³-hybridized carbons (Fsp3) is 0.286. The molecule has 3 nitrogen and oxygen atoms in total. The number of nitrogens with one attached hydrogen (secondary N) is 1. The summed E-state index contributed by atoms with van der Waals surface area (Å²) in [5.74, 6) is 0.775. The normalized spacial score (nSPS) is 17.7. The molecular formula is C21H23NO2S. The molecule has 0 saturated heterocycles. The predicted molar refractivity (Wildman–Crippen MR) is 105 cm³/mol. The molecule has 1 atom stereocenters. The van der Waals surface area contributed by atoms with Crippen LogP contribution in [0.15, 0.2) is 65.2 Å². The molecule has 1 aliphatic heterocycles. The van der Waals surface area contributed by atoms with Crippen LogP contribution < -0.4 is 10.1 Å². The standard InChI is InChI=1S/C21H23NO2S/c1-3-4-8-21-18(22-17-7-5-6-9-20(17)25-21)14-19(23)15-10-12-16(24-2)13-11-15/h5-7,9-14,21-22H,3-4,8H2,1-2H3/b18-14-. The molecule has 1 N–H and O–H groups in total. The zero-order valence-electron chi connectivity index (χ0n) is 14.6. The number of hydrogen-bond donors (Lipinski definition) is 1. The molecule has 0 bridgehead atoms. The number of carbonyl (C=O) groups excluding carboxylic acids is 1. The summed E-state index contributed by atoms with van der Waals surface area (Å²) < 4.78 is 5.16. The van der Waals surface area contributed by atoms with Crippen molar-refractivity contribution in [3.05, 3.63) is 65.9 Å². The van der Waals surface area contributed by atoms with Crippen LogP contribution in [-0.4, -0.2) is 18.1 Å². The van der Waals surface area contributed by atoms with Gasteiger partial charge in [-0.15, -0.1) is 11.8 Å². The Hall–Kier alpha value is -2.20. The maximum absolute atomic E-state index is 12.7. The fourth-order valence-electron chi connectivity index (χ4n) is 2.84. The average Bonchev–Trinajstić information content (AvgIpc) is 2.66. The first-order chi connectivity index (χ1) is 12.2. The third kappa shape index (κ3) is 4.26. The van der Waals surface area contributed by atoms with Gasteiger partial charge < -0.3 is 10.1 Å². The molecule has 1 heterocycles. The van der Waals surface area contributed by atoms with Crippen molar-refractivity contribution < 1.29 is 9.53 Å². The van der Waals surface area contributed by atoms with E-state index < -0.39 is 0 Å². The fourth-order valence-corrected chi connectivity index (χ4v) is 4.09. The summed E-state index contributed by atoms with van der Waals surface area (Å²) >= 11 is 1.85. The van der Waals surface area contributed by atoms with E-state index in [2.05, 4.69) is 30.4 Å². The van der Waals surface area contributed by atoms with Crippen molar-refractivity contribution in [2.45, 2.75) is 36.3 Å². The molecule has 130 valence electrons. The number of rotatable bonds is 6. The summed E-state index contributed by atoms with van der Waals surface area (Å²) in [4.78, 5) is 13.9. The lowest BCUT2D eigenvalue weighted by Gasteiger charge is -2.28. The number of carbonyl (C=O) groups is 1. The van der Waals surface area contributed by atoms with E-state index in [-0.39, 0.29) is 11.0 Å². The minimum atomic E-state index is 0.0200. The zero-order chi connectivity index (χ0) is 17.6. The second-order valence-electron chi connectivity index (χ2n) is 6.06. The molecule has 0 aromatic heterocycles. The molecule has 4 heteroatoms. The maximum Gasteiger partial charge on any atom is 0.187 e. The molecule has 3 rings (SSSR count). The first-order valence-corrected chi connectivity index (χ1v) is 9.52. The number of methoxy groups -OCH3 is 1. The Kier molecular flexibility index (Phi) is 5.82. The molecule has 0 aliphatic carbocycles. The monoisotopic (exact) mass is 353 g/mol. The van der Waals surface area contributed by atoms with Crippen molar-refractivity contribution in [2.24, 2.45) is 0 Å². The van der Waals surface area contributed by atoms with Crippen molar-refractivity contribution in [3.8, 4) is 5.75 Å². The largest absolute Gasteiger partial charge is 0.497 e. The molecule has 2 aromatic rings. The Labute approximate surface area is 153 Å². The first kappa shape index (κ1) is 17.6. The maximum atomic E-state index is 12.7. The van der Waals surface area contributed by atoms with Gasteiger partial charge in [-0.05, 0) is 42.8 Å².